The molecule has 1 N–H and O–H groups in total. The van der Waals surface area contributed by atoms with Gasteiger partial charge in [0.1, 0.15) is 0 Å². The van der Waals surface area contributed by atoms with Gasteiger partial charge in [0, 0.05) is 33.3 Å². The number of nitrogens with zero attached hydrogens (tertiary/aromatic N) is 2. The van der Waals surface area contributed by atoms with Gasteiger partial charge >= 0.3 is 0 Å². The summed E-state index contributed by atoms with van der Waals surface area (Å²) in [4.78, 5) is 4.18. The van der Waals surface area contributed by atoms with Crippen LogP contribution in [0.5, 0.6) is 0 Å². The molecular formula is C10H23N3OS. The lowest BCUT2D eigenvalue weighted by molar-refractivity contribution is 0.178. The largest absolute Gasteiger partial charge is 0.383 e. The Labute approximate surface area is 98.6 Å². The molecule has 0 spiro atoms. The smallest absolute Gasteiger partial charge is 0.169 e. The molecule has 0 aromatic carbocycles. The second-order valence-corrected chi connectivity index (χ2v) is 4.42. The molecule has 0 aliphatic rings. The van der Waals surface area contributed by atoms with E-state index in [9.17, 15) is 0 Å². The number of hydrogen-bond acceptors (Lipinski definition) is 3. The first kappa shape index (κ1) is 14.6. The number of thiocarbonyl (C=S) groups is 1. The summed E-state index contributed by atoms with van der Waals surface area (Å²) in [7, 11) is 7.80. The molecule has 0 heterocycles. The highest BCUT2D eigenvalue weighted by Crippen LogP contribution is 1.90. The summed E-state index contributed by atoms with van der Waals surface area (Å²) in [6, 6.07) is 0.254. The van der Waals surface area contributed by atoms with Crippen LogP contribution in [0.15, 0.2) is 0 Å². The maximum absolute atomic E-state index is 5.26. The third-order valence-corrected chi connectivity index (χ3v) is 2.45. The normalized spacial score (nSPS) is 12.7. The van der Waals surface area contributed by atoms with Crippen LogP contribution in [-0.4, -0.2) is 68.9 Å². The van der Waals surface area contributed by atoms with Gasteiger partial charge in [-0.2, -0.15) is 0 Å². The van der Waals surface area contributed by atoms with E-state index in [1.54, 1.807) is 7.11 Å². The van der Waals surface area contributed by atoms with Gasteiger partial charge < -0.3 is 19.9 Å². The molecule has 90 valence electrons. The number of hydrogen-bond donors (Lipinski definition) is 1. The molecule has 0 rings (SSSR count). The number of likely N-dealkylation sites (N-methyl/N-ethyl adjacent to an activating group) is 2. The average molecular weight is 233 g/mol. The molecule has 5 heteroatoms. The van der Waals surface area contributed by atoms with Crippen molar-refractivity contribution in [2.45, 2.75) is 13.0 Å². The Morgan fingerprint density at radius 1 is 1.33 bits per heavy atom. The first-order valence-electron chi connectivity index (χ1n) is 5.12. The fourth-order valence-electron chi connectivity index (χ4n) is 1.06. The maximum atomic E-state index is 5.26. The van der Waals surface area contributed by atoms with Crippen LogP contribution >= 0.6 is 12.2 Å². The topological polar surface area (TPSA) is 27.7 Å². The van der Waals surface area contributed by atoms with Crippen molar-refractivity contribution in [1.29, 1.82) is 0 Å². The van der Waals surface area contributed by atoms with E-state index in [4.69, 9.17) is 17.0 Å². The lowest BCUT2D eigenvalue weighted by atomic mass is 10.4. The Balaban J connectivity index is 3.78. The molecule has 4 nitrogen and oxygen atoms in total. The number of rotatable bonds is 6. The van der Waals surface area contributed by atoms with Gasteiger partial charge in [-0.25, -0.2) is 0 Å². The van der Waals surface area contributed by atoms with Crippen LogP contribution in [-0.2, 0) is 4.74 Å². The van der Waals surface area contributed by atoms with Crippen LogP contribution in [0.1, 0.15) is 6.92 Å². The molecule has 0 aromatic rings. The molecule has 0 aromatic heterocycles. The highest BCUT2D eigenvalue weighted by Gasteiger charge is 2.07. The molecular weight excluding hydrogens is 210 g/mol. The summed E-state index contributed by atoms with van der Waals surface area (Å²) in [5.41, 5.74) is 0. The van der Waals surface area contributed by atoms with E-state index in [-0.39, 0.29) is 6.04 Å². The summed E-state index contributed by atoms with van der Waals surface area (Å²) in [6.45, 7) is 4.65. The highest BCUT2D eigenvalue weighted by atomic mass is 32.1. The van der Waals surface area contributed by atoms with Crippen molar-refractivity contribution in [3.63, 3.8) is 0 Å². The molecule has 0 fully saturated rings. The molecule has 1 unspecified atom stereocenters. The third kappa shape index (κ3) is 7.53. The van der Waals surface area contributed by atoms with E-state index in [1.165, 1.54) is 0 Å². The minimum Gasteiger partial charge on any atom is -0.383 e. The lowest BCUT2D eigenvalue weighted by Crippen LogP contribution is -2.45. The fourth-order valence-corrected chi connectivity index (χ4v) is 1.36. The zero-order valence-electron chi connectivity index (χ0n) is 10.4. The van der Waals surface area contributed by atoms with Gasteiger partial charge in [-0.1, -0.05) is 0 Å². The number of ether oxygens (including phenoxy) is 1. The zero-order chi connectivity index (χ0) is 11.8. The van der Waals surface area contributed by atoms with Gasteiger partial charge in [-0.15, -0.1) is 0 Å². The summed E-state index contributed by atoms with van der Waals surface area (Å²) < 4.78 is 5.03. The van der Waals surface area contributed by atoms with Gasteiger partial charge in [-0.3, -0.25) is 0 Å². The van der Waals surface area contributed by atoms with E-state index in [0.29, 0.717) is 6.61 Å². The first-order valence-corrected chi connectivity index (χ1v) is 5.53. The van der Waals surface area contributed by atoms with Gasteiger partial charge in [0.2, 0.25) is 0 Å². The SMILES string of the molecule is COCC(C)NC(=S)N(C)CCN(C)C. The quantitative estimate of drug-likeness (QED) is 0.670. The Kier molecular flexibility index (Phi) is 7.64. The lowest BCUT2D eigenvalue weighted by Gasteiger charge is -2.25. The van der Waals surface area contributed by atoms with Crippen LogP contribution in [0.25, 0.3) is 0 Å². The molecule has 1 atom stereocenters. The molecule has 0 saturated carbocycles. The molecule has 0 aliphatic heterocycles. The van der Waals surface area contributed by atoms with Crippen molar-refractivity contribution in [2.24, 2.45) is 0 Å². The van der Waals surface area contributed by atoms with Crippen LogP contribution in [0, 0.1) is 0 Å². The Morgan fingerprint density at radius 2 is 1.93 bits per heavy atom. The summed E-state index contributed by atoms with van der Waals surface area (Å²) >= 11 is 5.26. The zero-order valence-corrected chi connectivity index (χ0v) is 11.2. The molecule has 0 saturated heterocycles. The predicted molar refractivity (Wildman–Crippen MR) is 68.3 cm³/mol. The Bertz CT molecular complexity index is 188. The van der Waals surface area contributed by atoms with Crippen molar-refractivity contribution in [3.05, 3.63) is 0 Å². The molecule has 0 radical (unpaired) electrons. The van der Waals surface area contributed by atoms with Crippen molar-refractivity contribution in [1.82, 2.24) is 15.1 Å². The van der Waals surface area contributed by atoms with E-state index in [1.807, 2.05) is 11.9 Å². The van der Waals surface area contributed by atoms with Crippen LogP contribution < -0.4 is 5.32 Å². The molecule has 0 amide bonds. The van der Waals surface area contributed by atoms with Crippen LogP contribution in [0.2, 0.25) is 0 Å². The summed E-state index contributed by atoms with van der Waals surface area (Å²) in [5, 5.41) is 4.00. The van der Waals surface area contributed by atoms with Crippen molar-refractivity contribution < 1.29 is 4.74 Å². The van der Waals surface area contributed by atoms with Crippen LogP contribution in [0.4, 0.5) is 0 Å². The van der Waals surface area contributed by atoms with Crippen molar-refractivity contribution in [3.8, 4) is 0 Å². The number of methoxy groups -OCH3 is 1. The van der Waals surface area contributed by atoms with Crippen molar-refractivity contribution >= 4 is 17.3 Å². The van der Waals surface area contributed by atoms with Gasteiger partial charge in [0.05, 0.1) is 6.61 Å². The molecule has 15 heavy (non-hydrogen) atoms. The second kappa shape index (κ2) is 7.84. The van der Waals surface area contributed by atoms with E-state index in [0.717, 1.165) is 18.2 Å². The summed E-state index contributed by atoms with van der Waals surface area (Å²) in [6.07, 6.45) is 0. The Hall–Kier alpha value is -0.390. The van der Waals surface area contributed by atoms with E-state index in [2.05, 4.69) is 31.2 Å². The highest BCUT2D eigenvalue weighted by molar-refractivity contribution is 7.80. The fraction of sp³-hybridized carbons (Fsp3) is 0.900. The van der Waals surface area contributed by atoms with Crippen molar-refractivity contribution in [2.75, 3.05) is 47.9 Å². The third-order valence-electron chi connectivity index (χ3n) is 2.02. The second-order valence-electron chi connectivity index (χ2n) is 4.03. The maximum Gasteiger partial charge on any atom is 0.169 e. The average Bonchev–Trinajstić information content (AvgIpc) is 2.14. The molecule has 0 bridgehead atoms. The number of nitrogens with one attached hydrogen (secondary N) is 1. The Morgan fingerprint density at radius 3 is 2.40 bits per heavy atom. The van der Waals surface area contributed by atoms with Gasteiger partial charge in [0.25, 0.3) is 0 Å². The standard InChI is InChI=1S/C10H23N3OS/c1-9(8-14-5)11-10(15)13(4)7-6-12(2)3/h9H,6-8H2,1-5H3,(H,11,15). The minimum atomic E-state index is 0.254. The van der Waals surface area contributed by atoms with Crippen LogP contribution in [0.3, 0.4) is 0 Å². The monoisotopic (exact) mass is 233 g/mol. The van der Waals surface area contributed by atoms with E-state index >= 15 is 0 Å². The summed E-state index contributed by atoms with van der Waals surface area (Å²) in [5.74, 6) is 0. The van der Waals surface area contributed by atoms with E-state index < -0.39 is 0 Å². The minimum absolute atomic E-state index is 0.254. The van der Waals surface area contributed by atoms with Gasteiger partial charge in [0.15, 0.2) is 5.11 Å². The predicted octanol–water partition coefficient (Wildman–Crippen LogP) is 0.389. The first-order chi connectivity index (χ1) is 6.97. The van der Waals surface area contributed by atoms with Gasteiger partial charge in [-0.05, 0) is 33.2 Å². The molecule has 0 aliphatic carbocycles.